The van der Waals surface area contributed by atoms with Gasteiger partial charge in [-0.15, -0.1) is 0 Å². The molecule has 7 heavy (non-hydrogen) atoms. The van der Waals surface area contributed by atoms with Gasteiger partial charge in [-0.3, -0.25) is 0 Å². The molecule has 0 aromatic carbocycles. The summed E-state index contributed by atoms with van der Waals surface area (Å²) < 4.78 is 0.470. The van der Waals surface area contributed by atoms with Gasteiger partial charge in [0.05, 0.1) is 10.1 Å². The molecule has 1 rings (SSSR count). The van der Waals surface area contributed by atoms with Crippen molar-refractivity contribution in [2.45, 2.75) is 17.0 Å². The van der Waals surface area contributed by atoms with Crippen molar-refractivity contribution in [1.82, 2.24) is 0 Å². The van der Waals surface area contributed by atoms with E-state index in [0.717, 1.165) is 0 Å². The third-order valence-corrected chi connectivity index (χ3v) is 2.21. The first-order valence-electron chi connectivity index (χ1n) is 2.14. The van der Waals surface area contributed by atoms with Crippen LogP contribution in [0.5, 0.6) is 0 Å². The van der Waals surface area contributed by atoms with E-state index in [2.05, 4.69) is 27.7 Å². The van der Waals surface area contributed by atoms with E-state index >= 15 is 0 Å². The van der Waals surface area contributed by atoms with Crippen LogP contribution in [-0.2, 0) is 4.84 Å². The van der Waals surface area contributed by atoms with Crippen molar-refractivity contribution in [2.24, 2.45) is 5.16 Å². The molecule has 0 fully saturated rings. The first-order valence-corrected chi connectivity index (χ1v) is 3.38. The van der Waals surface area contributed by atoms with Crippen molar-refractivity contribution in [2.75, 3.05) is 0 Å². The molecule has 0 bridgehead atoms. The topological polar surface area (TPSA) is 21.6 Å². The minimum absolute atomic E-state index is 0.278. The standard InChI is InChI=1S/C4H6INO/c1-3-4(5)2-6-7-3/h2-4H,1H3. The number of nitrogens with zero attached hydrogens (tertiary/aromatic N) is 1. The second-order valence-electron chi connectivity index (χ2n) is 1.51. The summed E-state index contributed by atoms with van der Waals surface area (Å²) >= 11 is 2.28. The Morgan fingerprint density at radius 3 is 2.71 bits per heavy atom. The fraction of sp³-hybridized carbons (Fsp3) is 0.750. The van der Waals surface area contributed by atoms with Crippen molar-refractivity contribution in [1.29, 1.82) is 0 Å². The van der Waals surface area contributed by atoms with Crippen molar-refractivity contribution in [3.8, 4) is 0 Å². The monoisotopic (exact) mass is 211 g/mol. The minimum Gasteiger partial charge on any atom is -0.392 e. The van der Waals surface area contributed by atoms with Crippen LogP contribution >= 0.6 is 22.6 Å². The van der Waals surface area contributed by atoms with Gasteiger partial charge >= 0.3 is 0 Å². The third kappa shape index (κ3) is 1.05. The molecule has 0 aromatic heterocycles. The fourth-order valence-electron chi connectivity index (χ4n) is 0.369. The molecule has 0 saturated heterocycles. The van der Waals surface area contributed by atoms with E-state index in [-0.39, 0.29) is 6.10 Å². The highest BCUT2D eigenvalue weighted by atomic mass is 127. The van der Waals surface area contributed by atoms with E-state index in [9.17, 15) is 0 Å². The van der Waals surface area contributed by atoms with E-state index < -0.39 is 0 Å². The zero-order chi connectivity index (χ0) is 5.28. The van der Waals surface area contributed by atoms with E-state index in [1.54, 1.807) is 0 Å². The van der Waals surface area contributed by atoms with Gasteiger partial charge in [0, 0.05) is 0 Å². The Balaban J connectivity index is 2.45. The van der Waals surface area contributed by atoms with Crippen molar-refractivity contribution in [3.63, 3.8) is 0 Å². The number of halogens is 1. The Kier molecular flexibility index (Phi) is 1.51. The maximum atomic E-state index is 4.83. The molecule has 0 spiro atoms. The molecule has 0 aliphatic carbocycles. The quantitative estimate of drug-likeness (QED) is 0.435. The van der Waals surface area contributed by atoms with Crippen LogP contribution in [-0.4, -0.2) is 16.2 Å². The Labute approximate surface area is 56.1 Å². The molecule has 40 valence electrons. The van der Waals surface area contributed by atoms with Crippen LogP contribution in [0.2, 0.25) is 0 Å². The molecule has 0 N–H and O–H groups in total. The molecule has 2 nitrogen and oxygen atoms in total. The van der Waals surface area contributed by atoms with Crippen LogP contribution in [0.25, 0.3) is 0 Å². The average molecular weight is 211 g/mol. The first-order chi connectivity index (χ1) is 3.30. The summed E-state index contributed by atoms with van der Waals surface area (Å²) in [6, 6.07) is 0. The highest BCUT2D eigenvalue weighted by molar-refractivity contribution is 14.1. The molecule has 2 unspecified atom stereocenters. The van der Waals surface area contributed by atoms with Crippen molar-refractivity contribution < 1.29 is 4.84 Å². The Bertz CT molecular complexity index is 93.7. The normalized spacial score (nSPS) is 38.6. The van der Waals surface area contributed by atoms with E-state index in [1.807, 2.05) is 13.1 Å². The maximum Gasteiger partial charge on any atom is 0.141 e. The lowest BCUT2D eigenvalue weighted by atomic mass is 10.3. The van der Waals surface area contributed by atoms with Crippen LogP contribution in [0.1, 0.15) is 6.92 Å². The largest absolute Gasteiger partial charge is 0.392 e. The Morgan fingerprint density at radius 1 is 1.86 bits per heavy atom. The number of hydrogen-bond acceptors (Lipinski definition) is 2. The number of oxime groups is 1. The van der Waals surface area contributed by atoms with E-state index in [4.69, 9.17) is 4.84 Å². The third-order valence-electron chi connectivity index (χ3n) is 0.879. The summed E-state index contributed by atoms with van der Waals surface area (Å²) in [6.45, 7) is 2.00. The van der Waals surface area contributed by atoms with Crippen LogP contribution in [0.15, 0.2) is 5.16 Å². The molecule has 1 aliphatic heterocycles. The molecule has 0 aromatic rings. The summed E-state index contributed by atoms with van der Waals surface area (Å²) in [5, 5.41) is 3.61. The molecule has 1 heterocycles. The van der Waals surface area contributed by atoms with Gasteiger partial charge in [-0.1, -0.05) is 27.7 Å². The predicted molar refractivity (Wildman–Crippen MR) is 36.8 cm³/mol. The fourth-order valence-corrected chi connectivity index (χ4v) is 0.631. The van der Waals surface area contributed by atoms with Gasteiger partial charge in [-0.2, -0.15) is 0 Å². The number of rotatable bonds is 0. The lowest BCUT2D eigenvalue weighted by Gasteiger charge is -2.00. The molecule has 0 amide bonds. The predicted octanol–water partition coefficient (Wildman–Crippen LogP) is 1.19. The minimum atomic E-state index is 0.278. The van der Waals surface area contributed by atoms with E-state index in [1.165, 1.54) is 0 Å². The van der Waals surface area contributed by atoms with Crippen LogP contribution in [0.4, 0.5) is 0 Å². The second kappa shape index (κ2) is 1.98. The maximum absolute atomic E-state index is 4.83. The molecule has 0 saturated carbocycles. The average Bonchev–Trinajstić information content (AvgIpc) is 1.91. The van der Waals surface area contributed by atoms with Gasteiger partial charge in [-0.25, -0.2) is 0 Å². The molecular formula is C4H6INO. The lowest BCUT2D eigenvalue weighted by molar-refractivity contribution is 0.104. The molecular weight excluding hydrogens is 205 g/mol. The summed E-state index contributed by atoms with van der Waals surface area (Å²) in [4.78, 5) is 4.83. The molecule has 0 radical (unpaired) electrons. The van der Waals surface area contributed by atoms with Crippen LogP contribution in [0, 0.1) is 0 Å². The van der Waals surface area contributed by atoms with Gasteiger partial charge in [0.2, 0.25) is 0 Å². The second-order valence-corrected chi connectivity index (χ2v) is 2.95. The summed E-state index contributed by atoms with van der Waals surface area (Å²) in [5.74, 6) is 0. The van der Waals surface area contributed by atoms with Gasteiger partial charge in [0.1, 0.15) is 6.10 Å². The SMILES string of the molecule is CC1ON=CC1I. The molecule has 1 aliphatic rings. The smallest absolute Gasteiger partial charge is 0.141 e. The number of alkyl halides is 1. The molecule has 2 atom stereocenters. The number of hydrogen-bond donors (Lipinski definition) is 0. The van der Waals surface area contributed by atoms with Crippen LogP contribution in [0.3, 0.4) is 0 Å². The van der Waals surface area contributed by atoms with Gasteiger partial charge in [0.15, 0.2) is 0 Å². The summed E-state index contributed by atoms with van der Waals surface area (Å²) in [6.07, 6.45) is 2.09. The van der Waals surface area contributed by atoms with Gasteiger partial charge in [0.25, 0.3) is 0 Å². The van der Waals surface area contributed by atoms with Gasteiger partial charge in [-0.05, 0) is 6.92 Å². The highest BCUT2D eigenvalue weighted by Gasteiger charge is 2.17. The first kappa shape index (κ1) is 5.34. The Hall–Kier alpha value is 0.200. The van der Waals surface area contributed by atoms with Gasteiger partial charge < -0.3 is 4.84 Å². The summed E-state index contributed by atoms with van der Waals surface area (Å²) in [5.41, 5.74) is 0. The lowest BCUT2D eigenvalue weighted by Crippen LogP contribution is -2.11. The molecule has 3 heteroatoms. The summed E-state index contributed by atoms with van der Waals surface area (Å²) in [7, 11) is 0. The highest BCUT2D eigenvalue weighted by Crippen LogP contribution is 2.12. The van der Waals surface area contributed by atoms with Crippen molar-refractivity contribution in [3.05, 3.63) is 0 Å². The zero-order valence-corrected chi connectivity index (χ0v) is 6.12. The van der Waals surface area contributed by atoms with Crippen LogP contribution < -0.4 is 0 Å². The Morgan fingerprint density at radius 2 is 2.57 bits per heavy atom. The van der Waals surface area contributed by atoms with E-state index in [0.29, 0.717) is 3.92 Å². The van der Waals surface area contributed by atoms with Crippen molar-refractivity contribution >= 4 is 28.8 Å². The zero-order valence-electron chi connectivity index (χ0n) is 3.97.